The summed E-state index contributed by atoms with van der Waals surface area (Å²) >= 11 is 0. The molecule has 176 valence electrons. The van der Waals surface area contributed by atoms with Crippen molar-refractivity contribution in [1.82, 2.24) is 4.90 Å². The summed E-state index contributed by atoms with van der Waals surface area (Å²) in [6, 6.07) is 22.0. The Morgan fingerprint density at radius 2 is 1.47 bits per heavy atom. The smallest absolute Gasteiger partial charge is 0.339 e. The summed E-state index contributed by atoms with van der Waals surface area (Å²) in [6.45, 7) is 0.757. The van der Waals surface area contributed by atoms with Crippen molar-refractivity contribution in [2.24, 2.45) is 5.92 Å². The molecule has 0 radical (unpaired) electrons. The van der Waals surface area contributed by atoms with Crippen LogP contribution in [0.4, 0.5) is 18.9 Å². The monoisotopic (exact) mass is 466 g/mol. The Bertz CT molecular complexity index is 1140. The molecule has 1 aliphatic heterocycles. The molecule has 1 aliphatic rings. The first-order valence-electron chi connectivity index (χ1n) is 11.2. The topological polar surface area (TPSA) is 49.4 Å². The largest absolute Gasteiger partial charge is 0.416 e. The lowest BCUT2D eigenvalue weighted by Gasteiger charge is -2.31. The number of para-hydroxylation sites is 1. The van der Waals surface area contributed by atoms with Gasteiger partial charge in [0.25, 0.3) is 5.91 Å². The second-order valence-electron chi connectivity index (χ2n) is 8.45. The summed E-state index contributed by atoms with van der Waals surface area (Å²) in [4.78, 5) is 27.2. The van der Waals surface area contributed by atoms with E-state index in [-0.39, 0.29) is 23.3 Å². The van der Waals surface area contributed by atoms with Crippen molar-refractivity contribution in [3.63, 3.8) is 0 Å². The molecule has 0 spiro atoms. The predicted octanol–water partition coefficient (Wildman–Crippen LogP) is 5.79. The van der Waals surface area contributed by atoms with Gasteiger partial charge in [-0.05, 0) is 60.7 Å². The number of likely N-dealkylation sites (tertiary alicyclic amines) is 1. The average Bonchev–Trinajstić information content (AvgIpc) is 2.85. The fourth-order valence-electron chi connectivity index (χ4n) is 4.18. The zero-order valence-corrected chi connectivity index (χ0v) is 18.5. The molecule has 0 unspecified atom stereocenters. The molecule has 7 heteroatoms. The van der Waals surface area contributed by atoms with E-state index in [1.807, 2.05) is 54.6 Å². The van der Waals surface area contributed by atoms with Crippen molar-refractivity contribution in [1.29, 1.82) is 0 Å². The molecule has 3 aromatic rings. The molecule has 1 saturated heterocycles. The zero-order chi connectivity index (χ0) is 24.1. The fourth-order valence-corrected chi connectivity index (χ4v) is 4.18. The molecule has 0 bridgehead atoms. The van der Waals surface area contributed by atoms with Crippen LogP contribution in [0.5, 0.6) is 0 Å². The van der Waals surface area contributed by atoms with E-state index in [0.29, 0.717) is 32.4 Å². The SMILES string of the molecule is O=C(Nc1ccccc1Cc1ccccc1)C1CCN(C(=O)c2ccc(C(F)(F)F)cc2)CC1. The first-order valence-corrected chi connectivity index (χ1v) is 11.2. The number of nitrogens with one attached hydrogen (secondary N) is 1. The molecule has 1 N–H and O–H groups in total. The molecule has 3 aromatic carbocycles. The van der Waals surface area contributed by atoms with Crippen LogP contribution in [0.1, 0.15) is 39.9 Å². The molecule has 0 aromatic heterocycles. The van der Waals surface area contributed by atoms with Crippen LogP contribution in [0.3, 0.4) is 0 Å². The highest BCUT2D eigenvalue weighted by molar-refractivity contribution is 5.95. The van der Waals surface area contributed by atoms with Crippen LogP contribution in [-0.4, -0.2) is 29.8 Å². The van der Waals surface area contributed by atoms with Gasteiger partial charge in [0, 0.05) is 30.3 Å². The molecular weight excluding hydrogens is 441 g/mol. The summed E-state index contributed by atoms with van der Waals surface area (Å²) in [5.41, 5.74) is 2.38. The normalized spacial score (nSPS) is 14.6. The van der Waals surface area contributed by atoms with Gasteiger partial charge in [-0.15, -0.1) is 0 Å². The van der Waals surface area contributed by atoms with Crippen LogP contribution in [0.25, 0.3) is 0 Å². The maximum Gasteiger partial charge on any atom is 0.416 e. The number of carbonyl (C=O) groups is 2. The number of carbonyl (C=O) groups excluding carboxylic acids is 2. The number of anilines is 1. The highest BCUT2D eigenvalue weighted by Crippen LogP contribution is 2.30. The van der Waals surface area contributed by atoms with Crippen LogP contribution in [-0.2, 0) is 17.4 Å². The number of piperidine rings is 1. The van der Waals surface area contributed by atoms with Gasteiger partial charge in [-0.25, -0.2) is 0 Å². The maximum absolute atomic E-state index is 12.9. The molecule has 0 atom stereocenters. The number of amides is 2. The molecule has 1 heterocycles. The van der Waals surface area contributed by atoms with Crippen molar-refractivity contribution in [2.75, 3.05) is 18.4 Å². The molecule has 0 aliphatic carbocycles. The molecule has 34 heavy (non-hydrogen) atoms. The van der Waals surface area contributed by atoms with E-state index < -0.39 is 11.7 Å². The predicted molar refractivity (Wildman–Crippen MR) is 124 cm³/mol. The Kier molecular flexibility index (Phi) is 7.01. The molecule has 0 saturated carbocycles. The third kappa shape index (κ3) is 5.65. The van der Waals surface area contributed by atoms with Crippen LogP contribution < -0.4 is 5.32 Å². The summed E-state index contributed by atoms with van der Waals surface area (Å²) < 4.78 is 38.3. The van der Waals surface area contributed by atoms with Crippen LogP contribution in [0.15, 0.2) is 78.9 Å². The Labute approximate surface area is 196 Å². The van der Waals surface area contributed by atoms with E-state index in [1.165, 1.54) is 12.1 Å². The van der Waals surface area contributed by atoms with Gasteiger partial charge in [-0.1, -0.05) is 48.5 Å². The minimum atomic E-state index is -4.44. The molecule has 2 amide bonds. The highest BCUT2D eigenvalue weighted by Gasteiger charge is 2.31. The quantitative estimate of drug-likeness (QED) is 0.518. The van der Waals surface area contributed by atoms with Crippen molar-refractivity contribution in [3.05, 3.63) is 101 Å². The van der Waals surface area contributed by atoms with Crippen molar-refractivity contribution >= 4 is 17.5 Å². The van der Waals surface area contributed by atoms with E-state index in [2.05, 4.69) is 5.32 Å². The fraction of sp³-hybridized carbons (Fsp3) is 0.259. The van der Waals surface area contributed by atoms with E-state index in [4.69, 9.17) is 0 Å². The van der Waals surface area contributed by atoms with Crippen LogP contribution in [0.2, 0.25) is 0 Å². The summed E-state index contributed by atoms with van der Waals surface area (Å²) in [7, 11) is 0. The van der Waals surface area contributed by atoms with Crippen molar-refractivity contribution in [2.45, 2.75) is 25.4 Å². The molecule has 1 fully saturated rings. The lowest BCUT2D eigenvalue weighted by Crippen LogP contribution is -2.41. The lowest BCUT2D eigenvalue weighted by atomic mass is 9.94. The minimum absolute atomic E-state index is 0.0814. The number of hydrogen-bond acceptors (Lipinski definition) is 2. The number of rotatable bonds is 5. The third-order valence-corrected chi connectivity index (χ3v) is 6.12. The Morgan fingerprint density at radius 3 is 2.12 bits per heavy atom. The van der Waals surface area contributed by atoms with Gasteiger partial charge in [0.1, 0.15) is 0 Å². The molecule has 4 rings (SSSR count). The maximum atomic E-state index is 12.9. The van der Waals surface area contributed by atoms with E-state index in [0.717, 1.165) is 28.9 Å². The first-order chi connectivity index (χ1) is 16.3. The van der Waals surface area contributed by atoms with Gasteiger partial charge in [-0.2, -0.15) is 13.2 Å². The van der Waals surface area contributed by atoms with Gasteiger partial charge in [0.2, 0.25) is 5.91 Å². The molecule has 4 nitrogen and oxygen atoms in total. The third-order valence-electron chi connectivity index (χ3n) is 6.12. The summed E-state index contributed by atoms with van der Waals surface area (Å²) in [5, 5.41) is 3.05. The number of benzene rings is 3. The zero-order valence-electron chi connectivity index (χ0n) is 18.5. The van der Waals surface area contributed by atoms with Crippen molar-refractivity contribution < 1.29 is 22.8 Å². The number of halogens is 3. The van der Waals surface area contributed by atoms with Gasteiger partial charge < -0.3 is 10.2 Å². The number of hydrogen-bond donors (Lipinski definition) is 1. The first kappa shape index (κ1) is 23.5. The van der Waals surface area contributed by atoms with Crippen LogP contribution in [0, 0.1) is 5.92 Å². The Hall–Kier alpha value is -3.61. The summed E-state index contributed by atoms with van der Waals surface area (Å²) in [5.74, 6) is -0.635. The molecular formula is C27H25F3N2O2. The van der Waals surface area contributed by atoms with Gasteiger partial charge in [0.05, 0.1) is 5.56 Å². The Morgan fingerprint density at radius 1 is 0.853 bits per heavy atom. The van der Waals surface area contributed by atoms with Crippen molar-refractivity contribution in [3.8, 4) is 0 Å². The van der Waals surface area contributed by atoms with Gasteiger partial charge >= 0.3 is 6.18 Å². The second kappa shape index (κ2) is 10.1. The average molecular weight is 467 g/mol. The second-order valence-corrected chi connectivity index (χ2v) is 8.45. The Balaban J connectivity index is 1.34. The minimum Gasteiger partial charge on any atom is -0.339 e. The number of alkyl halides is 3. The highest BCUT2D eigenvalue weighted by atomic mass is 19.4. The number of nitrogens with zero attached hydrogens (tertiary/aromatic N) is 1. The lowest BCUT2D eigenvalue weighted by molar-refractivity contribution is -0.137. The van der Waals surface area contributed by atoms with E-state index >= 15 is 0 Å². The van der Waals surface area contributed by atoms with Gasteiger partial charge in [0.15, 0.2) is 0 Å². The van der Waals surface area contributed by atoms with E-state index in [9.17, 15) is 22.8 Å². The van der Waals surface area contributed by atoms with Crippen LogP contribution >= 0.6 is 0 Å². The van der Waals surface area contributed by atoms with E-state index in [1.54, 1.807) is 4.90 Å². The standard InChI is InChI=1S/C27H25F3N2O2/c28-27(29,30)23-12-10-21(11-13-23)26(34)32-16-14-20(15-17-32)25(33)31-24-9-5-4-8-22(24)18-19-6-2-1-3-7-19/h1-13,20H,14-18H2,(H,31,33). The summed E-state index contributed by atoms with van der Waals surface area (Å²) in [6.07, 6.45) is -2.73. The van der Waals surface area contributed by atoms with Gasteiger partial charge in [-0.3, -0.25) is 9.59 Å².